The van der Waals surface area contributed by atoms with E-state index in [1.807, 2.05) is 6.92 Å². The molecule has 1 N–H and O–H groups in total. The predicted molar refractivity (Wildman–Crippen MR) is 84.4 cm³/mol. The van der Waals surface area contributed by atoms with Crippen molar-refractivity contribution in [1.82, 2.24) is 0 Å². The molecule has 6 nitrogen and oxygen atoms in total. The van der Waals surface area contributed by atoms with Gasteiger partial charge >= 0.3 is 5.69 Å². The highest BCUT2D eigenvalue weighted by atomic mass is 79.9. The highest BCUT2D eigenvalue weighted by Crippen LogP contribution is 2.31. The van der Waals surface area contributed by atoms with Crippen LogP contribution in [0.3, 0.4) is 0 Å². The molecule has 1 aromatic carbocycles. The zero-order chi connectivity index (χ0) is 15.6. The minimum absolute atomic E-state index is 0.146. The van der Waals surface area contributed by atoms with Crippen LogP contribution in [0.1, 0.15) is 15.2 Å². The van der Waals surface area contributed by atoms with Crippen molar-refractivity contribution in [3.05, 3.63) is 48.6 Å². The van der Waals surface area contributed by atoms with E-state index in [0.717, 1.165) is 9.35 Å². The SMILES string of the molecule is COc1ccc(NC(=O)c2cc(C)c(Br)s2)cc1[N+](=O)[O-]. The molecule has 8 heteroatoms. The number of rotatable bonds is 4. The summed E-state index contributed by atoms with van der Waals surface area (Å²) in [4.78, 5) is 23.0. The Labute approximate surface area is 133 Å². The van der Waals surface area contributed by atoms with Gasteiger partial charge in [-0.05, 0) is 46.6 Å². The zero-order valence-corrected chi connectivity index (χ0v) is 13.6. The first-order valence-electron chi connectivity index (χ1n) is 5.82. The minimum atomic E-state index is -0.555. The number of hydrogen-bond donors (Lipinski definition) is 1. The molecule has 110 valence electrons. The fourth-order valence-electron chi connectivity index (χ4n) is 1.67. The third-order valence-corrected chi connectivity index (χ3v) is 4.85. The molecule has 0 aliphatic heterocycles. The van der Waals surface area contributed by atoms with Gasteiger partial charge in [-0.2, -0.15) is 0 Å². The first-order valence-corrected chi connectivity index (χ1v) is 7.43. The van der Waals surface area contributed by atoms with Gasteiger partial charge in [-0.3, -0.25) is 14.9 Å². The first-order chi connectivity index (χ1) is 9.92. The number of anilines is 1. The molecule has 0 saturated carbocycles. The highest BCUT2D eigenvalue weighted by Gasteiger charge is 2.17. The topological polar surface area (TPSA) is 81.5 Å². The van der Waals surface area contributed by atoms with Gasteiger partial charge < -0.3 is 10.1 Å². The average Bonchev–Trinajstić information content (AvgIpc) is 2.78. The number of nitrogens with one attached hydrogen (secondary N) is 1. The summed E-state index contributed by atoms with van der Waals surface area (Å²) in [7, 11) is 1.35. The second-order valence-electron chi connectivity index (χ2n) is 4.17. The maximum Gasteiger partial charge on any atom is 0.312 e. The number of nitro groups is 1. The number of hydrogen-bond acceptors (Lipinski definition) is 5. The number of aryl methyl sites for hydroxylation is 1. The van der Waals surface area contributed by atoms with Crippen molar-refractivity contribution in [2.24, 2.45) is 0 Å². The monoisotopic (exact) mass is 370 g/mol. The lowest BCUT2D eigenvalue weighted by Crippen LogP contribution is -2.10. The van der Waals surface area contributed by atoms with Crippen LogP contribution in [-0.2, 0) is 0 Å². The van der Waals surface area contributed by atoms with E-state index in [4.69, 9.17) is 4.74 Å². The lowest BCUT2D eigenvalue weighted by Gasteiger charge is -2.06. The van der Waals surface area contributed by atoms with Crippen LogP contribution in [0.25, 0.3) is 0 Å². The molecule has 2 rings (SSSR count). The summed E-state index contributed by atoms with van der Waals surface area (Å²) < 4.78 is 5.79. The van der Waals surface area contributed by atoms with Crippen molar-refractivity contribution in [2.45, 2.75) is 6.92 Å². The van der Waals surface area contributed by atoms with Crippen LogP contribution in [0.2, 0.25) is 0 Å². The van der Waals surface area contributed by atoms with E-state index >= 15 is 0 Å². The smallest absolute Gasteiger partial charge is 0.312 e. The number of amides is 1. The molecule has 0 unspecified atom stereocenters. The minimum Gasteiger partial charge on any atom is -0.490 e. The Hall–Kier alpha value is -1.93. The van der Waals surface area contributed by atoms with E-state index < -0.39 is 4.92 Å². The van der Waals surface area contributed by atoms with E-state index in [-0.39, 0.29) is 17.3 Å². The third-order valence-electron chi connectivity index (χ3n) is 2.71. The molecule has 0 fully saturated rings. The fraction of sp³-hybridized carbons (Fsp3) is 0.154. The van der Waals surface area contributed by atoms with Gasteiger partial charge in [-0.25, -0.2) is 0 Å². The fourth-order valence-corrected chi connectivity index (χ4v) is 3.10. The van der Waals surface area contributed by atoms with Gasteiger partial charge in [0.2, 0.25) is 0 Å². The average molecular weight is 371 g/mol. The molecule has 1 aromatic heterocycles. The number of ether oxygens (including phenoxy) is 1. The van der Waals surface area contributed by atoms with Crippen molar-refractivity contribution in [2.75, 3.05) is 12.4 Å². The second-order valence-corrected chi connectivity index (χ2v) is 6.54. The molecule has 1 amide bonds. The van der Waals surface area contributed by atoms with E-state index in [2.05, 4.69) is 21.2 Å². The number of carbonyl (C=O) groups excluding carboxylic acids is 1. The highest BCUT2D eigenvalue weighted by molar-refractivity contribution is 9.11. The largest absolute Gasteiger partial charge is 0.490 e. The summed E-state index contributed by atoms with van der Waals surface area (Å²) in [5.41, 5.74) is 1.11. The van der Waals surface area contributed by atoms with E-state index in [9.17, 15) is 14.9 Å². The van der Waals surface area contributed by atoms with Gasteiger partial charge in [0.1, 0.15) is 0 Å². The molecule has 0 atom stereocenters. The lowest BCUT2D eigenvalue weighted by molar-refractivity contribution is -0.385. The molecular formula is C13H11BrN2O4S. The number of methoxy groups -OCH3 is 1. The Morgan fingerprint density at radius 2 is 2.14 bits per heavy atom. The molecule has 0 aliphatic carbocycles. The van der Waals surface area contributed by atoms with Crippen LogP contribution >= 0.6 is 27.3 Å². The molecule has 21 heavy (non-hydrogen) atoms. The van der Waals surface area contributed by atoms with Crippen molar-refractivity contribution in [3.63, 3.8) is 0 Å². The molecular weight excluding hydrogens is 360 g/mol. The maximum atomic E-state index is 12.1. The lowest BCUT2D eigenvalue weighted by atomic mass is 10.2. The number of halogens is 1. The Bertz CT molecular complexity index is 695. The molecule has 0 radical (unpaired) electrons. The molecule has 0 bridgehead atoms. The maximum absolute atomic E-state index is 12.1. The Kier molecular flexibility index (Phi) is 4.59. The Morgan fingerprint density at radius 1 is 1.43 bits per heavy atom. The molecule has 2 aromatic rings. The summed E-state index contributed by atoms with van der Waals surface area (Å²) in [6, 6.07) is 6.02. The Balaban J connectivity index is 2.25. The zero-order valence-electron chi connectivity index (χ0n) is 11.2. The van der Waals surface area contributed by atoms with Crippen LogP contribution in [0.15, 0.2) is 28.1 Å². The van der Waals surface area contributed by atoms with Gasteiger partial charge in [0.05, 0.1) is 20.7 Å². The van der Waals surface area contributed by atoms with Gasteiger partial charge in [0.25, 0.3) is 5.91 Å². The number of nitro benzene ring substituents is 1. The van der Waals surface area contributed by atoms with E-state index in [0.29, 0.717) is 10.6 Å². The number of nitrogens with zero attached hydrogens (tertiary/aromatic N) is 1. The van der Waals surface area contributed by atoms with Crippen LogP contribution in [0, 0.1) is 17.0 Å². The molecule has 0 aliphatic rings. The first kappa shape index (κ1) is 15.5. The number of benzene rings is 1. The number of carbonyl (C=O) groups is 1. The quantitative estimate of drug-likeness (QED) is 0.651. The van der Waals surface area contributed by atoms with Crippen LogP contribution < -0.4 is 10.1 Å². The van der Waals surface area contributed by atoms with E-state index in [1.165, 1.54) is 30.6 Å². The van der Waals surface area contributed by atoms with Crippen molar-refractivity contribution < 1.29 is 14.5 Å². The van der Waals surface area contributed by atoms with Gasteiger partial charge in [0, 0.05) is 11.8 Å². The van der Waals surface area contributed by atoms with Crippen LogP contribution in [0.4, 0.5) is 11.4 Å². The normalized spacial score (nSPS) is 10.2. The van der Waals surface area contributed by atoms with Gasteiger partial charge in [0.15, 0.2) is 5.75 Å². The molecule has 0 saturated heterocycles. The van der Waals surface area contributed by atoms with Gasteiger partial charge in [-0.15, -0.1) is 11.3 Å². The molecule has 0 spiro atoms. The van der Waals surface area contributed by atoms with Crippen LogP contribution in [-0.4, -0.2) is 17.9 Å². The summed E-state index contributed by atoms with van der Waals surface area (Å²) >= 11 is 4.66. The van der Waals surface area contributed by atoms with Gasteiger partial charge in [-0.1, -0.05) is 0 Å². The second kappa shape index (κ2) is 6.23. The van der Waals surface area contributed by atoms with Crippen LogP contribution in [0.5, 0.6) is 5.75 Å². The van der Waals surface area contributed by atoms with Crippen molar-refractivity contribution in [3.8, 4) is 5.75 Å². The summed E-state index contributed by atoms with van der Waals surface area (Å²) in [5, 5.41) is 13.6. The summed E-state index contributed by atoms with van der Waals surface area (Å²) in [5.74, 6) is -0.166. The predicted octanol–water partition coefficient (Wildman–Crippen LogP) is 3.99. The summed E-state index contributed by atoms with van der Waals surface area (Å²) in [6.45, 7) is 1.88. The Morgan fingerprint density at radius 3 is 2.67 bits per heavy atom. The van der Waals surface area contributed by atoms with E-state index in [1.54, 1.807) is 12.1 Å². The van der Waals surface area contributed by atoms with Crippen molar-refractivity contribution >= 4 is 44.5 Å². The molecule has 1 heterocycles. The summed E-state index contributed by atoms with van der Waals surface area (Å²) in [6.07, 6.45) is 0. The third kappa shape index (κ3) is 3.40. The standard InChI is InChI=1S/C13H11BrN2O4S/c1-7-5-11(21-12(7)14)13(17)15-8-3-4-10(20-2)9(6-8)16(18)19/h3-6H,1-2H3,(H,15,17). The number of thiophene rings is 1. The van der Waals surface area contributed by atoms with Crippen molar-refractivity contribution in [1.29, 1.82) is 0 Å².